The highest BCUT2D eigenvalue weighted by atomic mass is 32.2. The van der Waals surface area contributed by atoms with Crippen molar-refractivity contribution in [3.05, 3.63) is 23.8 Å². The fourth-order valence-corrected chi connectivity index (χ4v) is 2.96. The Morgan fingerprint density at radius 1 is 1.43 bits per heavy atom. The van der Waals surface area contributed by atoms with Gasteiger partial charge in [0.1, 0.15) is 11.9 Å². The monoisotopic (exact) mass is 341 g/mol. The quantitative estimate of drug-likeness (QED) is 0.814. The SMILES string of the molecule is C[C@H]1CN(C)C(=O)c2cc(N)ccc2O[C@@H]1CN(C)S(C)(=O)=O. The van der Waals surface area contributed by atoms with Gasteiger partial charge in [-0.1, -0.05) is 6.92 Å². The van der Waals surface area contributed by atoms with Crippen LogP contribution in [0, 0.1) is 5.92 Å². The molecule has 1 heterocycles. The molecule has 0 saturated carbocycles. The molecule has 23 heavy (non-hydrogen) atoms. The molecule has 1 aliphatic heterocycles. The average molecular weight is 341 g/mol. The second kappa shape index (κ2) is 6.37. The first kappa shape index (κ1) is 17.6. The minimum Gasteiger partial charge on any atom is -0.488 e. The van der Waals surface area contributed by atoms with Crippen LogP contribution in [0.1, 0.15) is 17.3 Å². The summed E-state index contributed by atoms with van der Waals surface area (Å²) in [7, 11) is -0.0687. The molecule has 2 atom stereocenters. The van der Waals surface area contributed by atoms with E-state index in [0.717, 1.165) is 6.26 Å². The lowest BCUT2D eigenvalue weighted by molar-refractivity contribution is 0.0605. The molecule has 2 rings (SSSR count). The van der Waals surface area contributed by atoms with Crippen molar-refractivity contribution >= 4 is 21.6 Å². The third kappa shape index (κ3) is 3.94. The first-order valence-corrected chi connectivity index (χ1v) is 9.17. The van der Waals surface area contributed by atoms with E-state index in [1.54, 1.807) is 30.1 Å². The smallest absolute Gasteiger partial charge is 0.257 e. The standard InChI is InChI=1S/C15H23N3O4S/c1-10-8-17(2)15(19)12-7-11(16)5-6-13(12)22-14(10)9-18(3)23(4,20)21/h5-7,10,14H,8-9,16H2,1-4H3/t10-,14+/m0/s1. The van der Waals surface area contributed by atoms with Gasteiger partial charge in [0.15, 0.2) is 0 Å². The van der Waals surface area contributed by atoms with Crippen LogP contribution >= 0.6 is 0 Å². The normalized spacial score (nSPS) is 22.3. The van der Waals surface area contributed by atoms with Crippen molar-refractivity contribution in [1.29, 1.82) is 0 Å². The van der Waals surface area contributed by atoms with Gasteiger partial charge in [-0.2, -0.15) is 0 Å². The summed E-state index contributed by atoms with van der Waals surface area (Å²) >= 11 is 0. The number of anilines is 1. The van der Waals surface area contributed by atoms with Crippen molar-refractivity contribution in [2.75, 3.05) is 39.2 Å². The summed E-state index contributed by atoms with van der Waals surface area (Å²) in [5.41, 5.74) is 6.64. The number of nitrogens with two attached hydrogens (primary N) is 1. The van der Waals surface area contributed by atoms with E-state index < -0.39 is 10.0 Å². The molecule has 0 fully saturated rings. The molecule has 7 nitrogen and oxygen atoms in total. The van der Waals surface area contributed by atoms with E-state index in [9.17, 15) is 13.2 Å². The van der Waals surface area contributed by atoms with E-state index in [0.29, 0.717) is 23.5 Å². The van der Waals surface area contributed by atoms with E-state index in [1.807, 2.05) is 6.92 Å². The Hall–Kier alpha value is -1.80. The second-order valence-electron chi connectivity index (χ2n) is 6.12. The number of nitrogens with zero attached hydrogens (tertiary/aromatic N) is 2. The van der Waals surface area contributed by atoms with E-state index in [-0.39, 0.29) is 24.5 Å². The Bertz CT molecular complexity index is 705. The molecule has 1 aromatic carbocycles. The van der Waals surface area contributed by atoms with Gasteiger partial charge in [0, 0.05) is 32.2 Å². The summed E-state index contributed by atoms with van der Waals surface area (Å²) in [4.78, 5) is 14.1. The van der Waals surface area contributed by atoms with Gasteiger partial charge in [-0.05, 0) is 18.2 Å². The van der Waals surface area contributed by atoms with Crippen molar-refractivity contribution < 1.29 is 17.9 Å². The number of hydrogen-bond donors (Lipinski definition) is 1. The Morgan fingerprint density at radius 3 is 2.70 bits per heavy atom. The number of sulfonamides is 1. The van der Waals surface area contributed by atoms with Crippen molar-refractivity contribution in [3.63, 3.8) is 0 Å². The molecule has 128 valence electrons. The van der Waals surface area contributed by atoms with Crippen molar-refractivity contribution in [2.24, 2.45) is 5.92 Å². The Balaban J connectivity index is 2.37. The van der Waals surface area contributed by atoms with E-state index in [2.05, 4.69) is 0 Å². The molecule has 0 aromatic heterocycles. The highest BCUT2D eigenvalue weighted by molar-refractivity contribution is 7.88. The molecule has 1 amide bonds. The number of likely N-dealkylation sites (N-methyl/N-ethyl adjacent to an activating group) is 1. The summed E-state index contributed by atoms with van der Waals surface area (Å²) in [6, 6.07) is 4.90. The van der Waals surface area contributed by atoms with Crippen LogP contribution in [-0.2, 0) is 10.0 Å². The molecule has 2 N–H and O–H groups in total. The molecule has 8 heteroatoms. The van der Waals surface area contributed by atoms with Gasteiger partial charge in [-0.3, -0.25) is 4.79 Å². The maximum absolute atomic E-state index is 12.5. The number of carbonyl (C=O) groups excluding carboxylic acids is 1. The van der Waals surface area contributed by atoms with Crippen LogP contribution in [0.15, 0.2) is 18.2 Å². The fraction of sp³-hybridized carbons (Fsp3) is 0.533. The summed E-state index contributed by atoms with van der Waals surface area (Å²) in [6.45, 7) is 2.62. The van der Waals surface area contributed by atoms with Crippen LogP contribution in [0.25, 0.3) is 0 Å². The van der Waals surface area contributed by atoms with Crippen LogP contribution in [0.5, 0.6) is 5.75 Å². The van der Waals surface area contributed by atoms with Gasteiger partial charge in [-0.15, -0.1) is 0 Å². The molecular weight excluding hydrogens is 318 g/mol. The zero-order valence-electron chi connectivity index (χ0n) is 13.8. The van der Waals surface area contributed by atoms with Crippen LogP contribution in [-0.4, -0.2) is 63.1 Å². The summed E-state index contributed by atoms with van der Waals surface area (Å²) in [5.74, 6) is 0.238. The number of benzene rings is 1. The number of rotatable bonds is 3. The zero-order chi connectivity index (χ0) is 17.4. The molecule has 0 bridgehead atoms. The third-order valence-electron chi connectivity index (χ3n) is 4.06. The van der Waals surface area contributed by atoms with Gasteiger partial charge < -0.3 is 15.4 Å². The van der Waals surface area contributed by atoms with E-state index >= 15 is 0 Å². The van der Waals surface area contributed by atoms with Gasteiger partial charge in [0.25, 0.3) is 5.91 Å². The number of hydrogen-bond acceptors (Lipinski definition) is 5. The van der Waals surface area contributed by atoms with E-state index in [4.69, 9.17) is 10.5 Å². The summed E-state index contributed by atoms with van der Waals surface area (Å²) < 4.78 is 30.6. The number of ether oxygens (including phenoxy) is 1. The van der Waals surface area contributed by atoms with E-state index in [1.165, 1.54) is 11.4 Å². The third-order valence-corrected chi connectivity index (χ3v) is 5.34. The van der Waals surface area contributed by atoms with Crippen LogP contribution in [0.2, 0.25) is 0 Å². The molecule has 0 spiro atoms. The molecule has 0 aliphatic carbocycles. The predicted molar refractivity (Wildman–Crippen MR) is 88.9 cm³/mol. The molecule has 0 unspecified atom stereocenters. The maximum Gasteiger partial charge on any atom is 0.257 e. The van der Waals surface area contributed by atoms with Crippen LogP contribution in [0.3, 0.4) is 0 Å². The van der Waals surface area contributed by atoms with Crippen LogP contribution < -0.4 is 10.5 Å². The first-order valence-electron chi connectivity index (χ1n) is 7.32. The number of amides is 1. The zero-order valence-corrected chi connectivity index (χ0v) is 14.6. The highest BCUT2D eigenvalue weighted by Gasteiger charge is 2.31. The van der Waals surface area contributed by atoms with Gasteiger partial charge in [0.2, 0.25) is 10.0 Å². The first-order chi connectivity index (χ1) is 10.6. The van der Waals surface area contributed by atoms with Gasteiger partial charge in [0.05, 0.1) is 18.4 Å². The maximum atomic E-state index is 12.5. The summed E-state index contributed by atoms with van der Waals surface area (Å²) in [5, 5.41) is 0. The number of nitrogen functional groups attached to an aromatic ring is 1. The molecular formula is C15H23N3O4S. The van der Waals surface area contributed by atoms with Crippen molar-refractivity contribution in [3.8, 4) is 5.75 Å². The van der Waals surface area contributed by atoms with Gasteiger partial charge >= 0.3 is 0 Å². The topological polar surface area (TPSA) is 92.9 Å². The molecule has 0 saturated heterocycles. The summed E-state index contributed by atoms with van der Waals surface area (Å²) in [6.07, 6.45) is 0.790. The predicted octanol–water partition coefficient (Wildman–Crippen LogP) is 0.629. The number of carbonyl (C=O) groups is 1. The lowest BCUT2D eigenvalue weighted by atomic mass is 10.0. The fourth-order valence-electron chi connectivity index (χ4n) is 2.54. The number of fused-ring (bicyclic) bond motifs is 1. The lowest BCUT2D eigenvalue weighted by Crippen LogP contribution is -2.46. The van der Waals surface area contributed by atoms with Crippen molar-refractivity contribution in [1.82, 2.24) is 9.21 Å². The minimum absolute atomic E-state index is 0.0288. The molecule has 1 aliphatic rings. The second-order valence-corrected chi connectivity index (χ2v) is 8.21. The van der Waals surface area contributed by atoms with Crippen LogP contribution in [0.4, 0.5) is 5.69 Å². The largest absolute Gasteiger partial charge is 0.488 e. The minimum atomic E-state index is -3.30. The highest BCUT2D eigenvalue weighted by Crippen LogP contribution is 2.28. The average Bonchev–Trinajstić information content (AvgIpc) is 2.45. The Labute approximate surface area is 137 Å². The molecule has 0 radical (unpaired) electrons. The lowest BCUT2D eigenvalue weighted by Gasteiger charge is -2.34. The Morgan fingerprint density at radius 2 is 2.09 bits per heavy atom. The Kier molecular flexibility index (Phi) is 4.86. The van der Waals surface area contributed by atoms with Crippen molar-refractivity contribution in [2.45, 2.75) is 13.0 Å². The van der Waals surface area contributed by atoms with Gasteiger partial charge in [-0.25, -0.2) is 12.7 Å². The molecule has 1 aromatic rings.